The summed E-state index contributed by atoms with van der Waals surface area (Å²) in [5.74, 6) is 0.0699. The van der Waals surface area contributed by atoms with Crippen molar-refractivity contribution in [1.29, 1.82) is 0 Å². The number of hydrogen-bond donors (Lipinski definition) is 1. The molecule has 162 valence electrons. The predicted molar refractivity (Wildman–Crippen MR) is 119 cm³/mol. The Morgan fingerprint density at radius 3 is 2.58 bits per heavy atom. The van der Waals surface area contributed by atoms with Crippen molar-refractivity contribution in [3.63, 3.8) is 0 Å². The monoisotopic (exact) mass is 485 g/mol. The molecule has 0 saturated carbocycles. The van der Waals surface area contributed by atoms with E-state index in [1.54, 1.807) is 13.0 Å². The number of esters is 1. The highest BCUT2D eigenvalue weighted by Crippen LogP contribution is 2.49. The number of halogens is 1. The maximum atomic E-state index is 13.2. The Kier molecular flexibility index (Phi) is 5.56. The van der Waals surface area contributed by atoms with Crippen LogP contribution in [-0.4, -0.2) is 18.4 Å². The van der Waals surface area contributed by atoms with Crippen LogP contribution in [0.2, 0.25) is 0 Å². The molecule has 4 rings (SSSR count). The van der Waals surface area contributed by atoms with Crippen LogP contribution in [0.15, 0.2) is 68.1 Å². The predicted octanol–water partition coefficient (Wildman–Crippen LogP) is 5.20. The summed E-state index contributed by atoms with van der Waals surface area (Å²) in [4.78, 5) is 26.0. The molecule has 1 aliphatic carbocycles. The molecule has 31 heavy (non-hydrogen) atoms. The topological polar surface area (TPSA) is 91.8 Å². The van der Waals surface area contributed by atoms with Crippen LogP contribution in [0.5, 0.6) is 0 Å². The van der Waals surface area contributed by atoms with Crippen molar-refractivity contribution in [3.05, 3.63) is 69.4 Å². The molecule has 1 atom stereocenters. The molecule has 0 spiro atoms. The van der Waals surface area contributed by atoms with E-state index in [0.29, 0.717) is 35.7 Å². The van der Waals surface area contributed by atoms with E-state index in [4.69, 9.17) is 19.6 Å². The maximum Gasteiger partial charge on any atom is 0.340 e. The van der Waals surface area contributed by atoms with Gasteiger partial charge in [0.2, 0.25) is 5.88 Å². The number of ketones is 1. The van der Waals surface area contributed by atoms with E-state index in [2.05, 4.69) is 15.9 Å². The highest BCUT2D eigenvalue weighted by molar-refractivity contribution is 9.10. The van der Waals surface area contributed by atoms with Gasteiger partial charge in [0.15, 0.2) is 5.78 Å². The van der Waals surface area contributed by atoms with E-state index in [0.717, 1.165) is 10.0 Å². The van der Waals surface area contributed by atoms with Crippen molar-refractivity contribution in [3.8, 4) is 11.3 Å². The molecule has 1 aromatic heterocycles. The molecule has 0 radical (unpaired) electrons. The van der Waals surface area contributed by atoms with Gasteiger partial charge in [-0.3, -0.25) is 4.79 Å². The van der Waals surface area contributed by atoms with Crippen LogP contribution in [0.3, 0.4) is 0 Å². The van der Waals surface area contributed by atoms with Gasteiger partial charge in [0, 0.05) is 28.5 Å². The SMILES string of the molecule is CCOC(=O)C1=C(N)OC2=C(C(=O)CC(C)(C)C2)[C@@H]1c1ccc(-c2ccc(Br)cc2)o1. The van der Waals surface area contributed by atoms with E-state index in [1.165, 1.54) is 0 Å². The summed E-state index contributed by atoms with van der Waals surface area (Å²) in [5.41, 5.74) is 7.32. The number of ether oxygens (including phenoxy) is 2. The highest BCUT2D eigenvalue weighted by atomic mass is 79.9. The van der Waals surface area contributed by atoms with Crippen LogP contribution in [0, 0.1) is 5.41 Å². The number of allylic oxidation sites excluding steroid dienone is 2. The van der Waals surface area contributed by atoms with Gasteiger partial charge in [-0.15, -0.1) is 0 Å². The van der Waals surface area contributed by atoms with Gasteiger partial charge in [-0.2, -0.15) is 0 Å². The van der Waals surface area contributed by atoms with Crippen molar-refractivity contribution < 1.29 is 23.5 Å². The second-order valence-corrected chi connectivity index (χ2v) is 9.44. The number of Topliss-reactive ketones (excluding diaryl/α,β-unsaturated/α-hetero) is 1. The average molecular weight is 486 g/mol. The van der Waals surface area contributed by atoms with Crippen LogP contribution >= 0.6 is 15.9 Å². The minimum absolute atomic E-state index is 0.0470. The molecule has 2 aliphatic rings. The molecule has 0 fully saturated rings. The molecule has 1 aromatic carbocycles. The van der Waals surface area contributed by atoms with Crippen molar-refractivity contribution in [2.45, 2.75) is 39.5 Å². The molecular formula is C24H24BrNO5. The molecule has 1 aliphatic heterocycles. The van der Waals surface area contributed by atoms with Crippen LogP contribution in [0.25, 0.3) is 11.3 Å². The third-order valence-electron chi connectivity index (χ3n) is 5.49. The highest BCUT2D eigenvalue weighted by Gasteiger charge is 2.46. The number of nitrogens with two attached hydrogens (primary N) is 1. The number of rotatable bonds is 4. The Morgan fingerprint density at radius 2 is 1.90 bits per heavy atom. The first-order chi connectivity index (χ1) is 14.7. The molecule has 6 nitrogen and oxygen atoms in total. The zero-order chi connectivity index (χ0) is 22.3. The zero-order valence-electron chi connectivity index (χ0n) is 17.7. The summed E-state index contributed by atoms with van der Waals surface area (Å²) < 4.78 is 18.1. The fourth-order valence-corrected chi connectivity index (χ4v) is 4.42. The van der Waals surface area contributed by atoms with E-state index >= 15 is 0 Å². The van der Waals surface area contributed by atoms with E-state index in [9.17, 15) is 9.59 Å². The molecule has 7 heteroatoms. The minimum Gasteiger partial charge on any atom is -0.462 e. The minimum atomic E-state index is -0.768. The van der Waals surface area contributed by atoms with Gasteiger partial charge >= 0.3 is 5.97 Å². The lowest BCUT2D eigenvalue weighted by atomic mass is 9.71. The normalized spacial score (nSPS) is 20.4. The lowest BCUT2D eigenvalue weighted by molar-refractivity contribution is -0.139. The number of furan rings is 1. The lowest BCUT2D eigenvalue weighted by Crippen LogP contribution is -2.35. The third kappa shape index (κ3) is 4.06. The first kappa shape index (κ1) is 21.4. The molecule has 0 amide bonds. The summed E-state index contributed by atoms with van der Waals surface area (Å²) >= 11 is 3.43. The molecular weight excluding hydrogens is 462 g/mol. The number of carbonyl (C=O) groups excluding carboxylic acids is 2. The average Bonchev–Trinajstić information content (AvgIpc) is 3.16. The van der Waals surface area contributed by atoms with E-state index in [-0.39, 0.29) is 29.3 Å². The van der Waals surface area contributed by atoms with Crippen LogP contribution in [-0.2, 0) is 19.1 Å². The van der Waals surface area contributed by atoms with Crippen molar-refractivity contribution in [1.82, 2.24) is 0 Å². The van der Waals surface area contributed by atoms with E-state index in [1.807, 2.05) is 44.2 Å². The summed E-state index contributed by atoms with van der Waals surface area (Å²) in [6.45, 7) is 5.90. The van der Waals surface area contributed by atoms with Crippen LogP contribution in [0.4, 0.5) is 0 Å². The summed E-state index contributed by atoms with van der Waals surface area (Å²) in [6.07, 6.45) is 0.892. The molecule has 0 unspecified atom stereocenters. The Morgan fingerprint density at radius 1 is 1.19 bits per heavy atom. The van der Waals surface area contributed by atoms with E-state index < -0.39 is 11.9 Å². The second kappa shape index (κ2) is 8.04. The summed E-state index contributed by atoms with van der Waals surface area (Å²) in [6, 6.07) is 11.3. The van der Waals surface area contributed by atoms with Gasteiger partial charge in [0.1, 0.15) is 22.9 Å². The van der Waals surface area contributed by atoms with Crippen molar-refractivity contribution in [2.75, 3.05) is 6.61 Å². The first-order valence-corrected chi connectivity index (χ1v) is 11.0. The number of hydrogen-bond acceptors (Lipinski definition) is 6. The van der Waals surface area contributed by atoms with Crippen LogP contribution < -0.4 is 5.73 Å². The maximum absolute atomic E-state index is 13.2. The van der Waals surface area contributed by atoms with Gasteiger partial charge in [-0.25, -0.2) is 4.79 Å². The number of benzene rings is 1. The van der Waals surface area contributed by atoms with Crippen LogP contribution in [0.1, 0.15) is 45.3 Å². The van der Waals surface area contributed by atoms with Gasteiger partial charge in [-0.05, 0) is 36.6 Å². The molecule has 2 N–H and O–H groups in total. The zero-order valence-corrected chi connectivity index (χ0v) is 19.2. The third-order valence-corrected chi connectivity index (χ3v) is 6.02. The fraction of sp³-hybridized carbons (Fsp3) is 0.333. The molecule has 2 aromatic rings. The Hall–Kier alpha value is -2.80. The smallest absolute Gasteiger partial charge is 0.340 e. The summed E-state index contributed by atoms with van der Waals surface area (Å²) in [5, 5.41) is 0. The molecule has 0 bridgehead atoms. The Bertz CT molecular complexity index is 1110. The Labute approximate surface area is 189 Å². The second-order valence-electron chi connectivity index (χ2n) is 8.52. The lowest BCUT2D eigenvalue weighted by Gasteiger charge is -2.37. The van der Waals surface area contributed by atoms with Gasteiger partial charge in [0.05, 0.1) is 12.5 Å². The fourth-order valence-electron chi connectivity index (χ4n) is 4.15. The molecule has 2 heterocycles. The Balaban J connectivity index is 1.83. The van der Waals surface area contributed by atoms with Gasteiger partial charge < -0.3 is 19.6 Å². The van der Waals surface area contributed by atoms with Gasteiger partial charge in [0.25, 0.3) is 0 Å². The number of carbonyl (C=O) groups is 2. The molecule has 0 saturated heterocycles. The van der Waals surface area contributed by atoms with Crippen molar-refractivity contribution >= 4 is 27.7 Å². The van der Waals surface area contributed by atoms with Crippen molar-refractivity contribution in [2.24, 2.45) is 11.1 Å². The largest absolute Gasteiger partial charge is 0.462 e. The standard InChI is InChI=1S/C24H24BrNO5/c1-4-29-23(28)21-20(17-10-9-16(30-17)13-5-7-14(25)8-6-13)19-15(27)11-24(2,3)12-18(19)31-22(21)26/h5-10,20H,4,11-12,26H2,1-3H3/t20-/m0/s1. The quantitative estimate of drug-likeness (QED) is 0.598. The van der Waals surface area contributed by atoms with Gasteiger partial charge in [-0.1, -0.05) is 41.9 Å². The summed E-state index contributed by atoms with van der Waals surface area (Å²) in [7, 11) is 0. The first-order valence-electron chi connectivity index (χ1n) is 10.2.